The molecule has 4 heterocycles. The molecule has 1 saturated heterocycles. The van der Waals surface area contributed by atoms with Crippen molar-refractivity contribution in [3.63, 3.8) is 0 Å². The first-order chi connectivity index (χ1) is 17.7. The number of aromatic nitrogens is 3. The second-order valence-corrected chi connectivity index (χ2v) is 10.9. The first kappa shape index (κ1) is 24.5. The lowest BCUT2D eigenvalue weighted by atomic mass is 9.65. The molecular weight excluding hydrogens is 591 g/mol. The predicted octanol–water partition coefficient (Wildman–Crippen LogP) is 2.23. The van der Waals surface area contributed by atoms with E-state index in [4.69, 9.17) is 27.6 Å². The third kappa shape index (κ3) is 3.02. The lowest BCUT2D eigenvalue weighted by Gasteiger charge is -2.48. The molecule has 0 spiro atoms. The Morgan fingerprint density at radius 3 is 2.41 bits per heavy atom. The van der Waals surface area contributed by atoms with Crippen molar-refractivity contribution in [3.8, 4) is 5.69 Å². The van der Waals surface area contributed by atoms with Crippen molar-refractivity contribution < 1.29 is 19.1 Å². The number of imide groups is 1. The number of carbonyl (C=O) groups excluding carboxylic acids is 2. The van der Waals surface area contributed by atoms with E-state index in [-0.39, 0.29) is 29.9 Å². The van der Waals surface area contributed by atoms with Crippen molar-refractivity contribution in [2.75, 3.05) is 5.45 Å². The van der Waals surface area contributed by atoms with Crippen LogP contribution in [0.1, 0.15) is 29.9 Å². The molecule has 0 radical (unpaired) electrons. The van der Waals surface area contributed by atoms with E-state index in [9.17, 15) is 24.3 Å². The molecule has 13 heteroatoms. The minimum atomic E-state index is -1.97. The molecule has 1 aliphatic carbocycles. The van der Waals surface area contributed by atoms with Gasteiger partial charge in [0.05, 0.1) is 29.6 Å². The van der Waals surface area contributed by atoms with Gasteiger partial charge in [-0.25, -0.2) is 23.5 Å². The summed E-state index contributed by atoms with van der Waals surface area (Å²) in [5.41, 5.74) is -0.373. The lowest BCUT2D eigenvalue weighted by molar-refractivity contribution is -0.138. The summed E-state index contributed by atoms with van der Waals surface area (Å²) in [4.78, 5) is 51.2. The first-order valence-electron chi connectivity index (χ1n) is 11.4. The standard InChI is InChI=1S/C24H19BrCl2N4O6/c25-12-28-19(33)23(26)10-16-15(18(24(23,27)20(28)34)17-7-6-14(11-32)37-17)8-9-29-21(35)30(22(36)31(16)29)13-4-2-1-3-5-13/h1-8,16,18,32H,9-12H2. The van der Waals surface area contributed by atoms with Crippen molar-refractivity contribution in [1.82, 2.24) is 18.8 Å². The second kappa shape index (κ2) is 8.32. The molecular formula is C24H19BrCl2N4O6. The molecule has 1 N–H and O–H groups in total. The van der Waals surface area contributed by atoms with Gasteiger partial charge in [-0.05, 0) is 29.8 Å². The zero-order valence-electron chi connectivity index (χ0n) is 19.0. The van der Waals surface area contributed by atoms with Gasteiger partial charge >= 0.3 is 11.4 Å². The average molecular weight is 610 g/mol. The highest BCUT2D eigenvalue weighted by Gasteiger charge is 2.76. The fraction of sp³-hybridized carbons (Fsp3) is 0.333. The quantitative estimate of drug-likeness (QED) is 0.210. The summed E-state index contributed by atoms with van der Waals surface area (Å²) in [6.45, 7) is -0.369. The smallest absolute Gasteiger partial charge is 0.352 e. The van der Waals surface area contributed by atoms with Crippen LogP contribution in [0.2, 0.25) is 0 Å². The highest BCUT2D eigenvalue weighted by molar-refractivity contribution is 9.09. The number of hydrogen-bond donors (Lipinski definition) is 1. The number of aliphatic hydroxyl groups excluding tert-OH is 1. The topological polar surface area (TPSA) is 120 Å². The van der Waals surface area contributed by atoms with Crippen LogP contribution in [0.4, 0.5) is 0 Å². The maximum absolute atomic E-state index is 13.7. The summed E-state index contributed by atoms with van der Waals surface area (Å²) in [7, 11) is 0. The van der Waals surface area contributed by atoms with Gasteiger partial charge in [-0.2, -0.15) is 0 Å². The Labute approximate surface area is 227 Å². The summed E-state index contributed by atoms with van der Waals surface area (Å²) in [6, 6.07) is 10.7. The lowest BCUT2D eigenvalue weighted by Crippen LogP contribution is -2.59. The largest absolute Gasteiger partial charge is 0.463 e. The van der Waals surface area contributed by atoms with Crippen LogP contribution >= 0.6 is 39.1 Å². The maximum atomic E-state index is 13.7. The molecule has 3 aliphatic rings. The Kier molecular flexibility index (Phi) is 5.50. The number of alkyl halides is 3. The highest BCUT2D eigenvalue weighted by atomic mass is 79.9. The van der Waals surface area contributed by atoms with Crippen LogP contribution in [0.3, 0.4) is 0 Å². The van der Waals surface area contributed by atoms with Crippen molar-refractivity contribution in [1.29, 1.82) is 0 Å². The highest BCUT2D eigenvalue weighted by Crippen LogP contribution is 2.63. The summed E-state index contributed by atoms with van der Waals surface area (Å²) in [5.74, 6) is -2.02. The zero-order valence-corrected chi connectivity index (χ0v) is 22.1. The summed E-state index contributed by atoms with van der Waals surface area (Å²) in [5, 5.41) is 9.58. The van der Waals surface area contributed by atoms with E-state index >= 15 is 0 Å². The van der Waals surface area contributed by atoms with Gasteiger partial charge in [0, 0.05) is 6.42 Å². The number of furan rings is 1. The Hall–Kier alpha value is -2.86. The second-order valence-electron chi connectivity index (χ2n) is 9.15. The van der Waals surface area contributed by atoms with Gasteiger partial charge in [-0.1, -0.05) is 40.2 Å². The van der Waals surface area contributed by atoms with Gasteiger partial charge in [0.2, 0.25) is 0 Å². The van der Waals surface area contributed by atoms with Crippen molar-refractivity contribution in [2.24, 2.45) is 0 Å². The Morgan fingerprint density at radius 1 is 1.03 bits per heavy atom. The molecule has 6 rings (SSSR count). The van der Waals surface area contributed by atoms with E-state index in [0.29, 0.717) is 11.3 Å². The van der Waals surface area contributed by atoms with Crippen LogP contribution in [0.5, 0.6) is 0 Å². The minimum Gasteiger partial charge on any atom is -0.463 e. The number of amides is 2. The minimum absolute atomic E-state index is 0.0242. The molecule has 2 amide bonds. The number of benzene rings is 1. The van der Waals surface area contributed by atoms with Crippen molar-refractivity contribution >= 4 is 50.9 Å². The van der Waals surface area contributed by atoms with E-state index in [1.165, 1.54) is 15.4 Å². The van der Waals surface area contributed by atoms with Crippen molar-refractivity contribution in [3.05, 3.63) is 86.6 Å². The average Bonchev–Trinajstić information content (AvgIpc) is 3.51. The molecule has 0 bridgehead atoms. The van der Waals surface area contributed by atoms with Crippen molar-refractivity contribution in [2.45, 2.75) is 41.3 Å². The number of allylic oxidation sites excluding steroid dienone is 2. The van der Waals surface area contributed by atoms with Gasteiger partial charge < -0.3 is 9.52 Å². The van der Waals surface area contributed by atoms with Crippen LogP contribution in [0.15, 0.2) is 68.1 Å². The molecule has 1 saturated carbocycles. The fourth-order valence-corrected chi connectivity index (χ4v) is 7.15. The fourth-order valence-electron chi connectivity index (χ4n) is 5.76. The number of para-hydroxylation sites is 1. The molecule has 4 atom stereocenters. The molecule has 2 fully saturated rings. The van der Waals surface area contributed by atoms with Gasteiger partial charge in [0.1, 0.15) is 18.1 Å². The number of hydrogen-bond acceptors (Lipinski definition) is 6. The number of halogens is 3. The van der Waals surface area contributed by atoms with Gasteiger partial charge in [-0.3, -0.25) is 14.5 Å². The van der Waals surface area contributed by atoms with Gasteiger partial charge in [0.25, 0.3) is 11.8 Å². The zero-order chi connectivity index (χ0) is 26.3. The third-order valence-corrected chi connectivity index (χ3v) is 9.33. The summed E-state index contributed by atoms with van der Waals surface area (Å²) in [6.07, 6.45) is 1.52. The van der Waals surface area contributed by atoms with Crippen LogP contribution in [-0.4, -0.2) is 51.0 Å². The SMILES string of the molecule is O=C1N(CBr)C(=O)C2(Cl)C(c3ccc(CO)o3)C3=CCn4c(=O)n(-c5ccccc5)c(=O)n4C3CC12Cl. The molecule has 3 aromatic rings. The number of likely N-dealkylation sites (tertiary alicyclic amines) is 1. The predicted molar refractivity (Wildman–Crippen MR) is 136 cm³/mol. The monoisotopic (exact) mass is 608 g/mol. The van der Waals surface area contributed by atoms with Crippen LogP contribution < -0.4 is 11.4 Å². The molecule has 10 nitrogen and oxygen atoms in total. The van der Waals surface area contributed by atoms with Crippen LogP contribution in [-0.2, 0) is 22.7 Å². The number of rotatable bonds is 4. The normalized spacial score (nSPS) is 28.6. The first-order valence-corrected chi connectivity index (χ1v) is 13.3. The van der Waals surface area contributed by atoms with E-state index in [2.05, 4.69) is 15.9 Å². The van der Waals surface area contributed by atoms with Crippen LogP contribution in [0, 0.1) is 0 Å². The number of carbonyl (C=O) groups is 2. The number of aliphatic hydroxyl groups is 1. The maximum Gasteiger partial charge on any atom is 0.352 e. The molecule has 2 aromatic heterocycles. The molecule has 192 valence electrons. The molecule has 37 heavy (non-hydrogen) atoms. The molecule has 2 aliphatic heterocycles. The van der Waals surface area contributed by atoms with Gasteiger partial charge in [-0.15, -0.1) is 23.2 Å². The number of fused-ring (bicyclic) bond motifs is 4. The molecule has 4 unspecified atom stereocenters. The Balaban J connectivity index is 1.60. The third-order valence-electron chi connectivity index (χ3n) is 7.42. The van der Waals surface area contributed by atoms with E-state index in [0.717, 1.165) is 9.47 Å². The Morgan fingerprint density at radius 2 is 1.76 bits per heavy atom. The van der Waals surface area contributed by atoms with E-state index in [1.807, 2.05) is 0 Å². The van der Waals surface area contributed by atoms with Crippen LogP contribution in [0.25, 0.3) is 5.69 Å². The van der Waals surface area contributed by atoms with Gasteiger partial charge in [0.15, 0.2) is 9.75 Å². The summed E-state index contributed by atoms with van der Waals surface area (Å²) >= 11 is 17.3. The Bertz CT molecular complexity index is 1610. The molecule has 1 aromatic carbocycles. The van der Waals surface area contributed by atoms with E-state index in [1.54, 1.807) is 42.5 Å². The summed E-state index contributed by atoms with van der Waals surface area (Å²) < 4.78 is 9.44. The number of nitrogens with zero attached hydrogens (tertiary/aromatic N) is 4. The van der Waals surface area contributed by atoms with E-state index < -0.39 is 51.5 Å².